The van der Waals surface area contributed by atoms with Gasteiger partial charge in [-0.05, 0) is 43.7 Å². The number of nitrogens with zero attached hydrogens (tertiary/aromatic N) is 2. The Morgan fingerprint density at radius 3 is 2.50 bits per heavy atom. The fraction of sp³-hybridized carbons (Fsp3) is 0.150. The van der Waals surface area contributed by atoms with Gasteiger partial charge < -0.3 is 5.32 Å². The van der Waals surface area contributed by atoms with Crippen LogP contribution in [0, 0.1) is 13.8 Å². The number of nitrogens with one attached hydrogen (secondary N) is 1. The van der Waals surface area contributed by atoms with Gasteiger partial charge in [0.05, 0.1) is 5.69 Å². The largest absolute Gasteiger partial charge is 0.324 e. The zero-order valence-electron chi connectivity index (χ0n) is 14.5. The summed E-state index contributed by atoms with van der Waals surface area (Å²) in [4.78, 5) is 24.4. The van der Waals surface area contributed by atoms with Crippen molar-refractivity contribution in [2.24, 2.45) is 0 Å². The van der Waals surface area contributed by atoms with Gasteiger partial charge in [-0.15, -0.1) is 0 Å². The van der Waals surface area contributed by atoms with Crippen LogP contribution in [0.2, 0.25) is 0 Å². The molecule has 1 heterocycles. The van der Waals surface area contributed by atoms with Crippen LogP contribution in [0.5, 0.6) is 0 Å². The van der Waals surface area contributed by atoms with Crippen molar-refractivity contribution in [2.75, 3.05) is 5.32 Å². The smallest absolute Gasteiger partial charge is 0.267 e. The molecule has 132 valence electrons. The molecule has 1 amide bonds. The first-order chi connectivity index (χ1) is 12.4. The number of anilines is 1. The van der Waals surface area contributed by atoms with E-state index in [-0.39, 0.29) is 18.0 Å². The van der Waals surface area contributed by atoms with E-state index in [1.165, 1.54) is 10.7 Å². The van der Waals surface area contributed by atoms with Crippen molar-refractivity contribution in [3.8, 4) is 11.3 Å². The molecule has 0 bridgehead atoms. The molecule has 0 saturated heterocycles. The minimum Gasteiger partial charge on any atom is -0.324 e. The Bertz CT molecular complexity index is 1010. The molecule has 3 rings (SSSR count). The second kappa shape index (κ2) is 7.66. The lowest BCUT2D eigenvalue weighted by Gasteiger charge is -2.10. The molecule has 0 unspecified atom stereocenters. The van der Waals surface area contributed by atoms with Crippen LogP contribution in [-0.2, 0) is 11.3 Å². The van der Waals surface area contributed by atoms with E-state index in [4.69, 9.17) is 0 Å². The number of aromatic nitrogens is 2. The highest BCUT2D eigenvalue weighted by Gasteiger charge is 2.10. The lowest BCUT2D eigenvalue weighted by atomic mass is 10.1. The van der Waals surface area contributed by atoms with Crippen LogP contribution in [0.15, 0.2) is 63.9 Å². The molecule has 1 aromatic heterocycles. The van der Waals surface area contributed by atoms with E-state index >= 15 is 0 Å². The number of rotatable bonds is 4. The van der Waals surface area contributed by atoms with Crippen molar-refractivity contribution >= 4 is 27.5 Å². The Labute approximate surface area is 159 Å². The predicted octanol–water partition coefficient (Wildman–Crippen LogP) is 3.93. The van der Waals surface area contributed by atoms with E-state index in [1.54, 1.807) is 6.07 Å². The molecular weight excluding hydrogens is 394 g/mol. The summed E-state index contributed by atoms with van der Waals surface area (Å²) in [7, 11) is 0. The van der Waals surface area contributed by atoms with Crippen LogP contribution in [0.3, 0.4) is 0 Å². The third-order valence-electron chi connectivity index (χ3n) is 3.97. The predicted molar refractivity (Wildman–Crippen MR) is 106 cm³/mol. The first kappa shape index (κ1) is 18.1. The zero-order chi connectivity index (χ0) is 18.7. The minimum atomic E-state index is -0.316. The number of carbonyl (C=O) groups excluding carboxylic acids is 1. The molecule has 3 aromatic rings. The van der Waals surface area contributed by atoms with E-state index < -0.39 is 0 Å². The van der Waals surface area contributed by atoms with Crippen molar-refractivity contribution < 1.29 is 4.79 Å². The summed E-state index contributed by atoms with van der Waals surface area (Å²) in [6, 6.07) is 16.5. The van der Waals surface area contributed by atoms with Gasteiger partial charge >= 0.3 is 0 Å². The third kappa shape index (κ3) is 4.26. The summed E-state index contributed by atoms with van der Waals surface area (Å²) in [6.45, 7) is 3.77. The highest BCUT2D eigenvalue weighted by Crippen LogP contribution is 2.20. The van der Waals surface area contributed by atoms with Gasteiger partial charge in [0.1, 0.15) is 6.54 Å². The molecular formula is C20H18BrN3O2. The third-order valence-corrected chi connectivity index (χ3v) is 4.46. The monoisotopic (exact) mass is 411 g/mol. The number of amides is 1. The van der Waals surface area contributed by atoms with Crippen molar-refractivity contribution in [3.05, 3.63) is 80.6 Å². The number of halogens is 1. The van der Waals surface area contributed by atoms with E-state index in [0.717, 1.165) is 21.2 Å². The maximum Gasteiger partial charge on any atom is 0.267 e. The highest BCUT2D eigenvalue weighted by molar-refractivity contribution is 9.10. The molecule has 0 atom stereocenters. The summed E-state index contributed by atoms with van der Waals surface area (Å²) in [5, 5.41) is 7.15. The first-order valence-electron chi connectivity index (χ1n) is 8.13. The summed E-state index contributed by atoms with van der Waals surface area (Å²) < 4.78 is 2.12. The lowest BCUT2D eigenvalue weighted by Crippen LogP contribution is -2.29. The molecule has 0 saturated carbocycles. The Hall–Kier alpha value is -2.73. The fourth-order valence-corrected chi connectivity index (χ4v) is 3.01. The average Bonchev–Trinajstić information content (AvgIpc) is 2.60. The van der Waals surface area contributed by atoms with Crippen molar-refractivity contribution in [1.82, 2.24) is 9.78 Å². The summed E-state index contributed by atoms with van der Waals surface area (Å²) >= 11 is 3.39. The molecule has 2 aromatic carbocycles. The van der Waals surface area contributed by atoms with Gasteiger partial charge in [0.15, 0.2) is 0 Å². The highest BCUT2D eigenvalue weighted by atomic mass is 79.9. The standard InChI is InChI=1S/C20H18BrN3O2/c1-13-3-5-15(6-4-13)18-9-10-20(26)24(23-18)12-19(25)22-17-8-7-16(21)11-14(17)2/h3-11H,12H2,1-2H3,(H,22,25). The Morgan fingerprint density at radius 1 is 1.08 bits per heavy atom. The van der Waals surface area contributed by atoms with Crippen molar-refractivity contribution in [2.45, 2.75) is 20.4 Å². The number of benzene rings is 2. The molecule has 0 spiro atoms. The Morgan fingerprint density at radius 2 is 1.81 bits per heavy atom. The van der Waals surface area contributed by atoms with E-state index in [1.807, 2.05) is 56.3 Å². The molecule has 0 aliphatic heterocycles. The van der Waals surface area contributed by atoms with Gasteiger partial charge in [0.25, 0.3) is 5.56 Å². The number of hydrogen-bond acceptors (Lipinski definition) is 3. The quantitative estimate of drug-likeness (QED) is 0.707. The van der Waals surface area contributed by atoms with Crippen LogP contribution in [0.4, 0.5) is 5.69 Å². The van der Waals surface area contributed by atoms with E-state index in [9.17, 15) is 9.59 Å². The van der Waals surface area contributed by atoms with Crippen LogP contribution >= 0.6 is 15.9 Å². The van der Waals surface area contributed by atoms with Gasteiger partial charge in [-0.2, -0.15) is 5.10 Å². The molecule has 0 fully saturated rings. The molecule has 0 aliphatic carbocycles. The number of hydrogen-bond donors (Lipinski definition) is 1. The minimum absolute atomic E-state index is 0.145. The fourth-order valence-electron chi connectivity index (χ4n) is 2.53. The molecule has 1 N–H and O–H groups in total. The summed E-state index contributed by atoms with van der Waals surface area (Å²) in [5.41, 5.74) is 4.02. The molecule has 0 radical (unpaired) electrons. The normalized spacial score (nSPS) is 10.6. The van der Waals surface area contributed by atoms with Gasteiger partial charge in [-0.1, -0.05) is 45.8 Å². The average molecular weight is 412 g/mol. The SMILES string of the molecule is Cc1ccc(-c2ccc(=O)n(CC(=O)Nc3ccc(Br)cc3C)n2)cc1. The van der Waals surface area contributed by atoms with Crippen LogP contribution in [0.1, 0.15) is 11.1 Å². The van der Waals surface area contributed by atoms with Crippen LogP contribution in [-0.4, -0.2) is 15.7 Å². The van der Waals surface area contributed by atoms with Crippen molar-refractivity contribution in [3.63, 3.8) is 0 Å². The Kier molecular flexibility index (Phi) is 5.32. The maximum absolute atomic E-state index is 12.3. The second-order valence-corrected chi connectivity index (χ2v) is 7.00. The molecule has 5 nitrogen and oxygen atoms in total. The zero-order valence-corrected chi connectivity index (χ0v) is 16.1. The van der Waals surface area contributed by atoms with E-state index in [2.05, 4.69) is 26.3 Å². The molecule has 6 heteroatoms. The number of aryl methyl sites for hydroxylation is 2. The maximum atomic E-state index is 12.3. The van der Waals surface area contributed by atoms with Gasteiger partial charge in [-0.3, -0.25) is 9.59 Å². The topological polar surface area (TPSA) is 64.0 Å². The summed E-state index contributed by atoms with van der Waals surface area (Å²) in [6.07, 6.45) is 0. The lowest BCUT2D eigenvalue weighted by molar-refractivity contribution is -0.117. The van der Waals surface area contributed by atoms with Gasteiger partial charge in [-0.25, -0.2) is 4.68 Å². The second-order valence-electron chi connectivity index (χ2n) is 6.09. The number of carbonyl (C=O) groups is 1. The van der Waals surface area contributed by atoms with E-state index in [0.29, 0.717) is 11.4 Å². The van der Waals surface area contributed by atoms with Crippen molar-refractivity contribution in [1.29, 1.82) is 0 Å². The van der Waals surface area contributed by atoms with Crippen LogP contribution < -0.4 is 10.9 Å². The first-order valence-corrected chi connectivity index (χ1v) is 8.93. The van der Waals surface area contributed by atoms with Crippen LogP contribution in [0.25, 0.3) is 11.3 Å². The van der Waals surface area contributed by atoms with Gasteiger partial charge in [0, 0.05) is 21.8 Å². The summed E-state index contributed by atoms with van der Waals surface area (Å²) in [5.74, 6) is -0.300. The molecule has 26 heavy (non-hydrogen) atoms. The van der Waals surface area contributed by atoms with Gasteiger partial charge in [0.2, 0.25) is 5.91 Å². The molecule has 0 aliphatic rings. The Balaban J connectivity index is 1.80.